The Kier molecular flexibility index (Phi) is 2.48. The van der Waals surface area contributed by atoms with Crippen LogP contribution in [0.5, 0.6) is 0 Å². The zero-order chi connectivity index (χ0) is 15.2. The molecular formula is C17H13Cl2NO2. The number of allylic oxidation sites excluding steroid dienone is 2. The third-order valence-electron chi connectivity index (χ3n) is 5.82. The molecule has 1 heterocycles. The maximum Gasteiger partial charge on any atom is 0.238 e. The Labute approximate surface area is 137 Å². The number of imide groups is 1. The standard InChI is InChI=1S/C17H13Cl2NO2/c18-12-4-1-7(5-13(12)19)20-16(21)14-8-2-3-9(11-6-10(8)11)15(14)17(20)22/h1-5,8-11,14-15H,6H2/t8-,9+,10+,11-,14+,15-. The van der Waals surface area contributed by atoms with E-state index in [0.29, 0.717) is 27.6 Å². The second kappa shape index (κ2) is 4.15. The highest BCUT2D eigenvalue weighted by molar-refractivity contribution is 6.42. The topological polar surface area (TPSA) is 37.4 Å². The van der Waals surface area contributed by atoms with Crippen LogP contribution in [-0.4, -0.2) is 11.8 Å². The number of halogens is 2. The lowest BCUT2D eigenvalue weighted by molar-refractivity contribution is -0.124. The van der Waals surface area contributed by atoms with Gasteiger partial charge in [-0.25, -0.2) is 4.90 Å². The summed E-state index contributed by atoms with van der Waals surface area (Å²) in [5, 5.41) is 0.781. The molecule has 5 aliphatic rings. The van der Waals surface area contributed by atoms with Crippen LogP contribution in [0, 0.1) is 35.5 Å². The van der Waals surface area contributed by atoms with E-state index in [1.54, 1.807) is 18.2 Å². The average Bonchev–Trinajstić information content (AvgIpc) is 3.28. The minimum absolute atomic E-state index is 0.0712. The Morgan fingerprint density at radius 1 is 0.909 bits per heavy atom. The molecule has 0 unspecified atom stereocenters. The van der Waals surface area contributed by atoms with Crippen molar-refractivity contribution in [3.8, 4) is 0 Å². The summed E-state index contributed by atoms with van der Waals surface area (Å²) in [6, 6.07) is 4.93. The minimum atomic E-state index is -0.180. The van der Waals surface area contributed by atoms with Gasteiger partial charge in [0.25, 0.3) is 0 Å². The second-order valence-corrected chi connectivity index (χ2v) is 7.58. The Morgan fingerprint density at radius 3 is 2.05 bits per heavy atom. The summed E-state index contributed by atoms with van der Waals surface area (Å²) < 4.78 is 0. The number of nitrogens with zero attached hydrogens (tertiary/aromatic N) is 1. The van der Waals surface area contributed by atoms with Gasteiger partial charge in [-0.3, -0.25) is 9.59 Å². The van der Waals surface area contributed by atoms with Crippen LogP contribution in [0.1, 0.15) is 6.42 Å². The first-order valence-corrected chi connectivity index (χ1v) is 8.34. The van der Waals surface area contributed by atoms with Crippen molar-refractivity contribution >= 4 is 40.7 Å². The molecule has 0 radical (unpaired) electrons. The lowest BCUT2D eigenvalue weighted by atomic mass is 9.63. The van der Waals surface area contributed by atoms with Gasteiger partial charge in [-0.15, -0.1) is 0 Å². The minimum Gasteiger partial charge on any atom is -0.274 e. The number of hydrogen-bond donors (Lipinski definition) is 0. The van der Waals surface area contributed by atoms with E-state index in [-0.39, 0.29) is 35.5 Å². The summed E-state index contributed by atoms with van der Waals surface area (Å²) in [5.41, 5.74) is 0.534. The monoisotopic (exact) mass is 333 g/mol. The molecule has 2 amide bonds. The van der Waals surface area contributed by atoms with Crippen LogP contribution in [0.4, 0.5) is 5.69 Å². The summed E-state index contributed by atoms with van der Waals surface area (Å²) in [7, 11) is 0. The lowest BCUT2D eigenvalue weighted by Crippen LogP contribution is -2.40. The van der Waals surface area contributed by atoms with Gasteiger partial charge >= 0.3 is 0 Å². The van der Waals surface area contributed by atoms with Gasteiger partial charge in [0.15, 0.2) is 0 Å². The fourth-order valence-electron chi connectivity index (χ4n) is 4.84. The zero-order valence-corrected chi connectivity index (χ0v) is 13.1. The quantitative estimate of drug-likeness (QED) is 0.582. The summed E-state index contributed by atoms with van der Waals surface area (Å²) in [6.45, 7) is 0. The fourth-order valence-corrected chi connectivity index (χ4v) is 5.13. The molecule has 5 heteroatoms. The van der Waals surface area contributed by atoms with Crippen LogP contribution < -0.4 is 4.90 Å². The Bertz CT molecular complexity index is 723. The van der Waals surface area contributed by atoms with Crippen molar-refractivity contribution in [2.45, 2.75) is 6.42 Å². The summed E-state index contributed by atoms with van der Waals surface area (Å²) >= 11 is 12.0. The molecule has 1 aromatic rings. The molecule has 4 aliphatic carbocycles. The van der Waals surface area contributed by atoms with E-state index >= 15 is 0 Å². The maximum atomic E-state index is 12.9. The van der Waals surface area contributed by atoms with E-state index in [1.807, 2.05) is 0 Å². The van der Waals surface area contributed by atoms with E-state index in [4.69, 9.17) is 23.2 Å². The third kappa shape index (κ3) is 1.49. The molecule has 1 saturated heterocycles. The van der Waals surface area contributed by atoms with Crippen molar-refractivity contribution in [2.75, 3.05) is 4.90 Å². The van der Waals surface area contributed by atoms with Gasteiger partial charge in [0.2, 0.25) is 11.8 Å². The van der Waals surface area contributed by atoms with E-state index < -0.39 is 0 Å². The first-order chi connectivity index (χ1) is 10.6. The summed E-state index contributed by atoms with van der Waals surface area (Å²) in [5.74, 6) is 1.20. The van der Waals surface area contributed by atoms with E-state index in [1.165, 1.54) is 11.3 Å². The fraction of sp³-hybridized carbons (Fsp3) is 0.412. The highest BCUT2D eigenvalue weighted by Gasteiger charge is 2.67. The highest BCUT2D eigenvalue weighted by atomic mass is 35.5. The molecule has 1 aromatic carbocycles. The van der Waals surface area contributed by atoms with Gasteiger partial charge in [-0.1, -0.05) is 35.4 Å². The molecule has 0 N–H and O–H groups in total. The van der Waals surface area contributed by atoms with Crippen molar-refractivity contribution in [2.24, 2.45) is 35.5 Å². The number of carbonyl (C=O) groups excluding carboxylic acids is 2. The van der Waals surface area contributed by atoms with Gasteiger partial charge in [0.1, 0.15) is 0 Å². The van der Waals surface area contributed by atoms with Crippen LogP contribution >= 0.6 is 23.2 Å². The normalized spacial score (nSPS) is 40.9. The predicted octanol–water partition coefficient (Wildman–Crippen LogP) is 3.55. The molecule has 3 nitrogen and oxygen atoms in total. The number of carbonyl (C=O) groups is 2. The van der Waals surface area contributed by atoms with Crippen molar-refractivity contribution < 1.29 is 9.59 Å². The molecule has 112 valence electrons. The predicted molar refractivity (Wildman–Crippen MR) is 83.7 cm³/mol. The first kappa shape index (κ1) is 13.1. The van der Waals surface area contributed by atoms with Crippen LogP contribution in [0.2, 0.25) is 10.0 Å². The number of rotatable bonds is 1. The zero-order valence-electron chi connectivity index (χ0n) is 11.6. The van der Waals surface area contributed by atoms with Crippen molar-refractivity contribution in [3.63, 3.8) is 0 Å². The van der Waals surface area contributed by atoms with E-state index in [0.717, 1.165) is 0 Å². The average molecular weight is 334 g/mol. The maximum absolute atomic E-state index is 12.9. The number of amides is 2. The van der Waals surface area contributed by atoms with Gasteiger partial charge in [-0.05, 0) is 48.3 Å². The van der Waals surface area contributed by atoms with Crippen molar-refractivity contribution in [3.05, 3.63) is 40.4 Å². The summed E-state index contributed by atoms with van der Waals surface area (Å²) in [6.07, 6.45) is 5.51. The SMILES string of the molecule is O=C1[C@@H]2[C@H]3C=C[C@H]([C@@H]4C[C@H]34)[C@@H]2C(=O)N1c1ccc(Cl)c(Cl)c1. The van der Waals surface area contributed by atoms with Crippen LogP contribution in [-0.2, 0) is 9.59 Å². The molecule has 1 aliphatic heterocycles. The Balaban J connectivity index is 1.58. The molecule has 3 fully saturated rings. The van der Waals surface area contributed by atoms with Gasteiger partial charge in [0, 0.05) is 0 Å². The number of hydrogen-bond acceptors (Lipinski definition) is 2. The van der Waals surface area contributed by atoms with E-state index in [9.17, 15) is 9.59 Å². The molecular weight excluding hydrogens is 321 g/mol. The third-order valence-corrected chi connectivity index (χ3v) is 6.56. The first-order valence-electron chi connectivity index (χ1n) is 7.59. The van der Waals surface area contributed by atoms with Crippen molar-refractivity contribution in [1.82, 2.24) is 0 Å². The Morgan fingerprint density at radius 2 is 1.50 bits per heavy atom. The van der Waals surface area contributed by atoms with Gasteiger partial charge in [-0.2, -0.15) is 0 Å². The molecule has 0 spiro atoms. The lowest BCUT2D eigenvalue weighted by Gasteiger charge is -2.37. The molecule has 22 heavy (non-hydrogen) atoms. The van der Waals surface area contributed by atoms with Crippen LogP contribution in [0.25, 0.3) is 0 Å². The van der Waals surface area contributed by atoms with Crippen LogP contribution in [0.3, 0.4) is 0 Å². The van der Waals surface area contributed by atoms with Crippen molar-refractivity contribution in [1.29, 1.82) is 0 Å². The number of anilines is 1. The molecule has 6 rings (SSSR count). The molecule has 0 aromatic heterocycles. The van der Waals surface area contributed by atoms with E-state index in [2.05, 4.69) is 12.2 Å². The van der Waals surface area contributed by atoms with Crippen LogP contribution in [0.15, 0.2) is 30.4 Å². The summed E-state index contributed by atoms with van der Waals surface area (Å²) in [4.78, 5) is 27.1. The molecule has 2 bridgehead atoms. The molecule has 2 saturated carbocycles. The second-order valence-electron chi connectivity index (χ2n) is 6.76. The molecule has 6 atom stereocenters. The smallest absolute Gasteiger partial charge is 0.238 e. The number of benzene rings is 1. The van der Waals surface area contributed by atoms with Gasteiger partial charge in [0.05, 0.1) is 27.6 Å². The Hall–Kier alpha value is -1.32. The highest BCUT2D eigenvalue weighted by Crippen LogP contribution is 2.65. The van der Waals surface area contributed by atoms with Gasteiger partial charge < -0.3 is 0 Å². The largest absolute Gasteiger partial charge is 0.274 e.